The van der Waals surface area contributed by atoms with Crippen LogP contribution in [0.4, 0.5) is 0 Å². The summed E-state index contributed by atoms with van der Waals surface area (Å²) in [5.41, 5.74) is 0. The highest BCUT2D eigenvalue weighted by molar-refractivity contribution is 7.80. The number of carbonyl (C=O) groups excluding carboxylic acids is 1. The molecule has 0 aliphatic carbocycles. The van der Waals surface area contributed by atoms with Crippen LogP contribution in [-0.4, -0.2) is 95.4 Å². The highest BCUT2D eigenvalue weighted by Crippen LogP contribution is 2.27. The third-order valence-corrected chi connectivity index (χ3v) is 17.9. The zero-order chi connectivity index (χ0) is 59.0. The van der Waals surface area contributed by atoms with Gasteiger partial charge in [-0.25, -0.2) is 4.18 Å². The van der Waals surface area contributed by atoms with Crippen molar-refractivity contribution in [1.29, 1.82) is 0 Å². The molecule has 0 aromatic rings. The highest BCUT2D eigenvalue weighted by atomic mass is 32.3. The Kier molecular flexibility index (Phi) is 56.1. The SMILES string of the molecule is CCCCCCCCCCCCCCCCCCCCCCCCCCCCCCCCCCC(=O)NC(COC1OC(CO)C(O)C(OS(=O)(=O)O)C1O)C(O)CCCCCCCCCCCCCCCCCCCCCCCC. The molecule has 0 aromatic heterocycles. The van der Waals surface area contributed by atoms with Crippen molar-refractivity contribution in [1.82, 2.24) is 5.32 Å². The normalized spacial score (nSPS) is 18.4. The third kappa shape index (κ3) is 49.9. The quantitative estimate of drug-likeness (QED) is 0.0251. The van der Waals surface area contributed by atoms with Crippen LogP contribution in [0.3, 0.4) is 0 Å². The molecule has 0 aromatic carbocycles. The summed E-state index contributed by atoms with van der Waals surface area (Å²) in [6.07, 6.45) is 62.9. The molecular formula is C68H135NO11S. The predicted octanol–water partition coefficient (Wildman–Crippen LogP) is 18.4. The van der Waals surface area contributed by atoms with E-state index in [-0.39, 0.29) is 12.5 Å². The van der Waals surface area contributed by atoms with Gasteiger partial charge in [0.25, 0.3) is 0 Å². The van der Waals surface area contributed by atoms with Crippen molar-refractivity contribution in [2.75, 3.05) is 13.2 Å². The first-order valence-electron chi connectivity index (χ1n) is 35.4. The number of hydrogen-bond acceptors (Lipinski definition) is 10. The van der Waals surface area contributed by atoms with Crippen LogP contribution in [0.2, 0.25) is 0 Å². The van der Waals surface area contributed by atoms with Crippen LogP contribution < -0.4 is 5.32 Å². The number of ether oxygens (including phenoxy) is 2. The number of nitrogens with one attached hydrogen (secondary N) is 1. The summed E-state index contributed by atoms with van der Waals surface area (Å²) in [7, 11) is -5.08. The van der Waals surface area contributed by atoms with Gasteiger partial charge in [0.1, 0.15) is 24.4 Å². The molecule has 81 heavy (non-hydrogen) atoms. The summed E-state index contributed by atoms with van der Waals surface area (Å²) in [4.78, 5) is 13.2. The van der Waals surface area contributed by atoms with Gasteiger partial charge >= 0.3 is 10.4 Å². The Bertz CT molecular complexity index is 1430. The lowest BCUT2D eigenvalue weighted by Crippen LogP contribution is -2.61. The number of unbranched alkanes of at least 4 members (excludes halogenated alkanes) is 52. The topological polar surface area (TPSA) is 192 Å². The van der Waals surface area contributed by atoms with Gasteiger partial charge in [0.15, 0.2) is 6.29 Å². The van der Waals surface area contributed by atoms with Crippen molar-refractivity contribution in [3.05, 3.63) is 0 Å². The summed E-state index contributed by atoms with van der Waals surface area (Å²) in [6, 6.07) is -0.855. The van der Waals surface area contributed by atoms with Crippen molar-refractivity contribution in [2.24, 2.45) is 0 Å². The van der Waals surface area contributed by atoms with E-state index in [1.54, 1.807) is 0 Å². The van der Waals surface area contributed by atoms with E-state index in [0.717, 1.165) is 51.4 Å². The predicted molar refractivity (Wildman–Crippen MR) is 338 cm³/mol. The second kappa shape index (κ2) is 58.1. The molecule has 1 aliphatic heterocycles. The molecule has 0 spiro atoms. The molecule has 0 bridgehead atoms. The Morgan fingerprint density at radius 3 is 0.988 bits per heavy atom. The standard InChI is InChI=1S/C68H135NO11S/c1-3-5-7-9-11-13-15-17-19-21-23-25-27-28-29-30-31-32-33-34-35-36-38-40-42-44-46-48-50-52-54-56-58-64(72)69-61(60-78-68-66(74)67(80-81(75,76)77)65(73)63(59-70)79-68)62(71)57-55-53-51-49-47-45-43-41-39-37-26-24-22-20-18-16-14-12-10-8-6-4-2/h61-63,65-68,70-71,73-74H,3-60H2,1-2H3,(H,69,72)(H,75,76,77). The molecule has 6 N–H and O–H groups in total. The molecule has 0 radical (unpaired) electrons. The van der Waals surface area contributed by atoms with Gasteiger partial charge in [-0.1, -0.05) is 354 Å². The monoisotopic (exact) mass is 1170 g/mol. The number of hydrogen-bond donors (Lipinski definition) is 6. The Balaban J connectivity index is 2.20. The van der Waals surface area contributed by atoms with Crippen LogP contribution >= 0.6 is 0 Å². The Labute approximate surface area is 500 Å². The second-order valence-corrected chi connectivity index (χ2v) is 26.2. The minimum Gasteiger partial charge on any atom is -0.394 e. The molecule has 0 saturated carbocycles. The van der Waals surface area contributed by atoms with E-state index in [9.17, 15) is 38.2 Å². The zero-order valence-corrected chi connectivity index (χ0v) is 54.0. The van der Waals surface area contributed by atoms with E-state index in [4.69, 9.17) is 9.47 Å². The first-order valence-corrected chi connectivity index (χ1v) is 36.8. The van der Waals surface area contributed by atoms with Crippen LogP contribution in [0.5, 0.6) is 0 Å². The molecule has 1 saturated heterocycles. The Hall–Kier alpha value is -0.900. The number of amides is 1. The number of aliphatic hydroxyl groups excluding tert-OH is 4. The van der Waals surface area contributed by atoms with Crippen LogP contribution in [-0.2, 0) is 28.9 Å². The van der Waals surface area contributed by atoms with Gasteiger partial charge in [-0.15, -0.1) is 0 Å². The zero-order valence-electron chi connectivity index (χ0n) is 53.1. The second-order valence-electron chi connectivity index (χ2n) is 25.2. The molecule has 1 rings (SSSR count). The van der Waals surface area contributed by atoms with Crippen molar-refractivity contribution in [2.45, 2.75) is 416 Å². The fourth-order valence-electron chi connectivity index (χ4n) is 12.0. The maximum Gasteiger partial charge on any atom is 0.397 e. The van der Waals surface area contributed by atoms with Gasteiger partial charge in [0.05, 0.1) is 25.4 Å². The first-order chi connectivity index (χ1) is 39.5. The van der Waals surface area contributed by atoms with E-state index < -0.39 is 59.9 Å². The highest BCUT2D eigenvalue weighted by Gasteiger charge is 2.48. The number of rotatable bonds is 64. The smallest absolute Gasteiger partial charge is 0.394 e. The van der Waals surface area contributed by atoms with Crippen LogP contribution in [0.15, 0.2) is 0 Å². The summed E-state index contributed by atoms with van der Waals surface area (Å²) in [5, 5.41) is 45.3. The van der Waals surface area contributed by atoms with Crippen molar-refractivity contribution < 1.29 is 51.8 Å². The van der Waals surface area contributed by atoms with Gasteiger partial charge in [0, 0.05) is 6.42 Å². The van der Waals surface area contributed by atoms with E-state index >= 15 is 0 Å². The molecule has 13 heteroatoms. The Morgan fingerprint density at radius 1 is 0.444 bits per heavy atom. The van der Waals surface area contributed by atoms with Gasteiger partial charge in [0.2, 0.25) is 5.91 Å². The first kappa shape index (κ1) is 78.1. The summed E-state index contributed by atoms with van der Waals surface area (Å²) in [6.45, 7) is 3.53. The molecule has 7 unspecified atom stereocenters. The lowest BCUT2D eigenvalue weighted by molar-refractivity contribution is -0.298. The maximum atomic E-state index is 13.2. The van der Waals surface area contributed by atoms with Crippen LogP contribution in [0, 0.1) is 0 Å². The molecule has 1 heterocycles. The lowest BCUT2D eigenvalue weighted by Gasteiger charge is -2.41. The van der Waals surface area contributed by atoms with Crippen LogP contribution in [0.25, 0.3) is 0 Å². The van der Waals surface area contributed by atoms with Crippen molar-refractivity contribution in [3.63, 3.8) is 0 Å². The molecular weight excluding hydrogens is 1040 g/mol. The van der Waals surface area contributed by atoms with Gasteiger partial charge in [-0.2, -0.15) is 8.42 Å². The summed E-state index contributed by atoms with van der Waals surface area (Å²) >= 11 is 0. The summed E-state index contributed by atoms with van der Waals surface area (Å²) in [5.74, 6) is -0.219. The van der Waals surface area contributed by atoms with E-state index in [1.807, 2.05) is 0 Å². The number of aliphatic hydroxyl groups is 4. The minimum atomic E-state index is -5.08. The van der Waals surface area contributed by atoms with E-state index in [0.29, 0.717) is 12.8 Å². The largest absolute Gasteiger partial charge is 0.397 e. The number of carbonyl (C=O) groups is 1. The molecule has 1 fully saturated rings. The van der Waals surface area contributed by atoms with E-state index in [1.165, 1.54) is 295 Å². The molecule has 12 nitrogen and oxygen atoms in total. The minimum absolute atomic E-state index is 0.219. The van der Waals surface area contributed by atoms with Gasteiger partial charge in [-0.3, -0.25) is 9.35 Å². The van der Waals surface area contributed by atoms with Crippen molar-refractivity contribution >= 4 is 16.3 Å². The van der Waals surface area contributed by atoms with E-state index in [2.05, 4.69) is 23.3 Å². The fraction of sp³-hybridized carbons (Fsp3) is 0.985. The average Bonchev–Trinajstić information content (AvgIpc) is 3.52. The molecule has 1 aliphatic rings. The van der Waals surface area contributed by atoms with Gasteiger partial charge < -0.3 is 35.2 Å². The molecule has 484 valence electrons. The fourth-order valence-corrected chi connectivity index (χ4v) is 12.5. The summed E-state index contributed by atoms with van der Waals surface area (Å²) < 4.78 is 48.1. The molecule has 7 atom stereocenters. The Morgan fingerprint density at radius 2 is 0.716 bits per heavy atom. The lowest BCUT2D eigenvalue weighted by atomic mass is 9.99. The third-order valence-electron chi connectivity index (χ3n) is 17.4. The van der Waals surface area contributed by atoms with Crippen LogP contribution in [0.1, 0.15) is 373 Å². The maximum absolute atomic E-state index is 13.2. The average molecular weight is 1170 g/mol. The molecule has 1 amide bonds. The van der Waals surface area contributed by atoms with Crippen molar-refractivity contribution in [3.8, 4) is 0 Å². The van der Waals surface area contributed by atoms with Gasteiger partial charge in [-0.05, 0) is 12.8 Å².